The van der Waals surface area contributed by atoms with E-state index in [2.05, 4.69) is 6.92 Å². The largest absolute Gasteiger partial charge is 0.871 e. The van der Waals surface area contributed by atoms with Crippen molar-refractivity contribution in [1.29, 1.82) is 0 Å². The predicted molar refractivity (Wildman–Crippen MR) is 73.3 cm³/mol. The second-order valence-electron chi connectivity index (χ2n) is 5.20. The second-order valence-corrected chi connectivity index (χ2v) is 6.04. The quantitative estimate of drug-likeness (QED) is 0.854. The smallest absolute Gasteiger partial charge is 0.102 e. The average Bonchev–Trinajstić information content (AvgIpc) is 3.09. The molecule has 1 saturated carbocycles. The normalized spacial score (nSPS) is 16.8. The van der Waals surface area contributed by atoms with Crippen LogP contribution in [0, 0.1) is 5.92 Å². The Bertz CT molecular complexity index is 419. The molecule has 0 heterocycles. The van der Waals surface area contributed by atoms with E-state index in [0.717, 1.165) is 37.5 Å². The minimum absolute atomic E-state index is 0.0644. The molecule has 0 aromatic heterocycles. The van der Waals surface area contributed by atoms with Crippen molar-refractivity contribution < 1.29 is 10.0 Å². The zero-order chi connectivity index (χ0) is 13.1. The van der Waals surface area contributed by atoms with Crippen LogP contribution in [0.1, 0.15) is 31.7 Å². The van der Waals surface area contributed by atoms with Crippen LogP contribution in [0.2, 0.25) is 10.0 Å². The molecular formula is C14H19Cl2NO. The number of nitrogens with one attached hydrogen (secondary N) is 1. The Labute approximate surface area is 119 Å². The Balaban J connectivity index is 2.09. The van der Waals surface area contributed by atoms with Crippen molar-refractivity contribution >= 4 is 23.2 Å². The fraction of sp³-hybridized carbons (Fsp3) is 0.571. The molecule has 4 heteroatoms. The van der Waals surface area contributed by atoms with Crippen LogP contribution in [0.5, 0.6) is 5.75 Å². The van der Waals surface area contributed by atoms with Crippen molar-refractivity contribution in [2.45, 2.75) is 32.7 Å². The molecule has 0 aliphatic heterocycles. The topological polar surface area (TPSA) is 27.5 Å². The fourth-order valence-corrected chi connectivity index (χ4v) is 2.90. The second kappa shape index (κ2) is 6.14. The van der Waals surface area contributed by atoms with E-state index in [1.807, 2.05) is 0 Å². The summed E-state index contributed by atoms with van der Waals surface area (Å²) in [6.07, 6.45) is 3.81. The van der Waals surface area contributed by atoms with E-state index in [1.165, 1.54) is 23.8 Å². The minimum atomic E-state index is -0.0644. The van der Waals surface area contributed by atoms with Crippen LogP contribution in [0.4, 0.5) is 0 Å². The molecule has 1 N–H and O–H groups in total. The first-order valence-corrected chi connectivity index (χ1v) is 7.34. The molecule has 1 aliphatic rings. The van der Waals surface area contributed by atoms with Crippen LogP contribution in [0.15, 0.2) is 12.1 Å². The third kappa shape index (κ3) is 3.78. The summed E-state index contributed by atoms with van der Waals surface area (Å²) in [5.74, 6) is 0.793. The van der Waals surface area contributed by atoms with Crippen LogP contribution < -0.4 is 10.0 Å². The van der Waals surface area contributed by atoms with Gasteiger partial charge < -0.3 is 10.0 Å². The summed E-state index contributed by atoms with van der Waals surface area (Å²) in [5.41, 5.74) is 0.747. The Morgan fingerprint density at radius 3 is 2.67 bits per heavy atom. The zero-order valence-corrected chi connectivity index (χ0v) is 12.2. The molecular weight excluding hydrogens is 269 g/mol. The molecule has 18 heavy (non-hydrogen) atoms. The number of hydrogen-bond acceptors (Lipinski definition) is 1. The van der Waals surface area contributed by atoms with E-state index in [-0.39, 0.29) is 10.8 Å². The molecule has 2 nitrogen and oxygen atoms in total. The highest BCUT2D eigenvalue weighted by molar-refractivity contribution is 6.35. The maximum atomic E-state index is 12.0. The van der Waals surface area contributed by atoms with E-state index in [0.29, 0.717) is 5.02 Å². The van der Waals surface area contributed by atoms with E-state index in [9.17, 15) is 5.11 Å². The third-order valence-corrected chi connectivity index (χ3v) is 3.90. The average molecular weight is 288 g/mol. The van der Waals surface area contributed by atoms with Crippen molar-refractivity contribution in [3.63, 3.8) is 0 Å². The first-order valence-electron chi connectivity index (χ1n) is 6.58. The van der Waals surface area contributed by atoms with Gasteiger partial charge in [-0.15, -0.1) is 0 Å². The first kappa shape index (κ1) is 14.0. The van der Waals surface area contributed by atoms with E-state index in [4.69, 9.17) is 23.2 Å². The standard InChI is InChI=1S/C14H19Cl2NO/c1-2-5-17(8-10-3-4-10)9-11-6-12(15)7-13(16)14(11)18/h6-7,10,18H,2-5,8-9H2,1H3. The Kier molecular flexibility index (Phi) is 4.77. The molecule has 1 fully saturated rings. The maximum absolute atomic E-state index is 12.0. The molecule has 0 spiro atoms. The number of quaternary nitrogens is 1. The lowest BCUT2D eigenvalue weighted by Gasteiger charge is -2.23. The van der Waals surface area contributed by atoms with Crippen molar-refractivity contribution in [2.75, 3.05) is 13.1 Å². The van der Waals surface area contributed by atoms with E-state index in [1.54, 1.807) is 6.07 Å². The number of rotatable bonds is 6. The van der Waals surface area contributed by atoms with Crippen LogP contribution in [-0.4, -0.2) is 13.1 Å². The van der Waals surface area contributed by atoms with Crippen LogP contribution in [0.3, 0.4) is 0 Å². The van der Waals surface area contributed by atoms with E-state index >= 15 is 0 Å². The number of halogens is 2. The van der Waals surface area contributed by atoms with Crippen molar-refractivity contribution in [3.05, 3.63) is 27.7 Å². The molecule has 1 aliphatic carbocycles. The highest BCUT2D eigenvalue weighted by Gasteiger charge is 2.26. The Morgan fingerprint density at radius 2 is 2.06 bits per heavy atom. The lowest BCUT2D eigenvalue weighted by Crippen LogP contribution is -3.11. The third-order valence-electron chi connectivity index (χ3n) is 3.40. The van der Waals surface area contributed by atoms with Gasteiger partial charge in [0.1, 0.15) is 6.54 Å². The zero-order valence-electron chi connectivity index (χ0n) is 10.6. The summed E-state index contributed by atoms with van der Waals surface area (Å²) in [6.45, 7) is 5.18. The summed E-state index contributed by atoms with van der Waals surface area (Å²) < 4.78 is 0. The van der Waals surface area contributed by atoms with Gasteiger partial charge in [0.2, 0.25) is 0 Å². The summed E-state index contributed by atoms with van der Waals surface area (Å²) in [6, 6.07) is 3.29. The van der Waals surface area contributed by atoms with Gasteiger partial charge in [0.25, 0.3) is 0 Å². The van der Waals surface area contributed by atoms with Gasteiger partial charge in [-0.25, -0.2) is 0 Å². The highest BCUT2D eigenvalue weighted by Crippen LogP contribution is 2.29. The van der Waals surface area contributed by atoms with Gasteiger partial charge in [-0.1, -0.05) is 35.9 Å². The molecule has 1 aromatic rings. The molecule has 0 saturated heterocycles. The van der Waals surface area contributed by atoms with Crippen molar-refractivity contribution in [1.82, 2.24) is 0 Å². The molecule has 0 amide bonds. The highest BCUT2D eigenvalue weighted by atomic mass is 35.5. The molecule has 0 bridgehead atoms. The lowest BCUT2D eigenvalue weighted by atomic mass is 10.1. The lowest BCUT2D eigenvalue weighted by molar-refractivity contribution is -0.915. The summed E-state index contributed by atoms with van der Waals surface area (Å²) >= 11 is 11.9. The van der Waals surface area contributed by atoms with Gasteiger partial charge in [0.15, 0.2) is 0 Å². The van der Waals surface area contributed by atoms with Crippen molar-refractivity contribution in [3.8, 4) is 5.75 Å². The van der Waals surface area contributed by atoms with E-state index < -0.39 is 0 Å². The first-order chi connectivity index (χ1) is 8.60. The molecule has 100 valence electrons. The van der Waals surface area contributed by atoms with Crippen LogP contribution in [0.25, 0.3) is 0 Å². The summed E-state index contributed by atoms with van der Waals surface area (Å²) in [7, 11) is 0. The number of benzene rings is 1. The monoisotopic (exact) mass is 287 g/mol. The Morgan fingerprint density at radius 1 is 1.33 bits per heavy atom. The molecule has 0 radical (unpaired) electrons. The molecule has 1 aromatic carbocycles. The van der Waals surface area contributed by atoms with Gasteiger partial charge in [-0.05, 0) is 31.4 Å². The van der Waals surface area contributed by atoms with Gasteiger partial charge >= 0.3 is 0 Å². The summed E-state index contributed by atoms with van der Waals surface area (Å²) in [5, 5.41) is 12.7. The van der Waals surface area contributed by atoms with Gasteiger partial charge in [0, 0.05) is 21.5 Å². The van der Waals surface area contributed by atoms with Crippen LogP contribution >= 0.6 is 23.2 Å². The number of hydrogen-bond donors (Lipinski definition) is 1. The van der Waals surface area contributed by atoms with Crippen molar-refractivity contribution in [2.24, 2.45) is 5.92 Å². The molecule has 1 atom stereocenters. The maximum Gasteiger partial charge on any atom is 0.102 e. The molecule has 1 unspecified atom stereocenters. The minimum Gasteiger partial charge on any atom is -0.871 e. The van der Waals surface area contributed by atoms with Gasteiger partial charge in [-0.2, -0.15) is 0 Å². The van der Waals surface area contributed by atoms with Crippen LogP contribution in [-0.2, 0) is 6.54 Å². The predicted octanol–water partition coefficient (Wildman–Crippen LogP) is 2.27. The summed E-state index contributed by atoms with van der Waals surface area (Å²) in [4.78, 5) is 1.47. The SMILES string of the molecule is CCC[NH+](Cc1cc(Cl)cc(Cl)c1[O-])CC1CC1. The Hall–Kier alpha value is -0.440. The van der Waals surface area contributed by atoms with Gasteiger partial charge in [-0.3, -0.25) is 0 Å². The molecule has 2 rings (SSSR count). The van der Waals surface area contributed by atoms with Gasteiger partial charge in [0.05, 0.1) is 13.1 Å². The fourth-order valence-electron chi connectivity index (χ4n) is 2.36.